The van der Waals surface area contributed by atoms with E-state index >= 15 is 0 Å². The van der Waals surface area contributed by atoms with Crippen LogP contribution in [0.25, 0.3) is 22.4 Å². The minimum atomic E-state index is -3.31. The molecule has 0 N–H and O–H groups in total. The maximum absolute atomic E-state index is 12.2. The highest BCUT2D eigenvalue weighted by atomic mass is 32.2. The van der Waals surface area contributed by atoms with Crippen LogP contribution in [0.4, 0.5) is 0 Å². The lowest BCUT2D eigenvalue weighted by molar-refractivity contribution is -0.144. The number of rotatable bonds is 9. The van der Waals surface area contributed by atoms with Gasteiger partial charge in [-0.2, -0.15) is 5.10 Å². The van der Waals surface area contributed by atoms with Gasteiger partial charge < -0.3 is 9.64 Å². The molecule has 8 heteroatoms. The topological polar surface area (TPSA) is 81.5 Å². The Labute approximate surface area is 195 Å². The molecule has 0 aliphatic rings. The van der Waals surface area contributed by atoms with Crippen LogP contribution in [0.1, 0.15) is 18.2 Å². The molecule has 0 fully saturated rings. The molecular formula is C25H31N3O4S. The summed E-state index contributed by atoms with van der Waals surface area (Å²) in [7, 11) is 0.535. The number of aryl methyl sites for hydroxylation is 2. The van der Waals surface area contributed by atoms with Crippen LogP contribution in [-0.4, -0.2) is 62.6 Å². The van der Waals surface area contributed by atoms with E-state index in [9.17, 15) is 13.2 Å². The molecule has 7 nitrogen and oxygen atoms in total. The van der Waals surface area contributed by atoms with Gasteiger partial charge in [0, 0.05) is 12.8 Å². The van der Waals surface area contributed by atoms with Crippen LogP contribution in [-0.2, 0) is 32.3 Å². The fourth-order valence-electron chi connectivity index (χ4n) is 3.61. The van der Waals surface area contributed by atoms with Crippen molar-refractivity contribution in [1.29, 1.82) is 0 Å². The first kappa shape index (κ1) is 24.7. The Bertz CT molecular complexity index is 1230. The molecule has 0 atom stereocenters. The molecule has 1 heterocycles. The van der Waals surface area contributed by atoms with Crippen molar-refractivity contribution in [3.8, 4) is 22.4 Å². The normalized spacial score (nSPS) is 11.7. The number of benzene rings is 2. The molecule has 33 heavy (non-hydrogen) atoms. The largest absolute Gasteiger partial charge is 0.463 e. The van der Waals surface area contributed by atoms with Crippen LogP contribution in [0.2, 0.25) is 0 Å². The number of sulfone groups is 1. The van der Waals surface area contributed by atoms with Crippen molar-refractivity contribution < 1.29 is 17.9 Å². The smallest absolute Gasteiger partial charge is 0.327 e. The van der Waals surface area contributed by atoms with Crippen molar-refractivity contribution in [2.75, 3.05) is 33.5 Å². The molecular weight excluding hydrogens is 438 g/mol. The lowest BCUT2D eigenvalue weighted by Crippen LogP contribution is -2.22. The van der Waals surface area contributed by atoms with Gasteiger partial charge in [0.15, 0.2) is 9.84 Å². The van der Waals surface area contributed by atoms with E-state index in [-0.39, 0.29) is 12.5 Å². The quantitative estimate of drug-likeness (QED) is 0.446. The molecule has 3 aromatic rings. The number of hydrogen-bond donors (Lipinski definition) is 0. The van der Waals surface area contributed by atoms with Crippen LogP contribution >= 0.6 is 0 Å². The Kier molecular flexibility index (Phi) is 7.71. The van der Waals surface area contributed by atoms with Crippen LogP contribution in [0, 0.1) is 6.92 Å². The second kappa shape index (κ2) is 10.3. The van der Waals surface area contributed by atoms with Gasteiger partial charge in [-0.3, -0.25) is 9.48 Å². The van der Waals surface area contributed by atoms with Crippen LogP contribution in [0.15, 0.2) is 53.4 Å². The Morgan fingerprint density at radius 1 is 1.03 bits per heavy atom. The number of hydrogen-bond acceptors (Lipinski definition) is 6. The van der Waals surface area contributed by atoms with Crippen molar-refractivity contribution in [1.82, 2.24) is 14.7 Å². The third-order valence-corrected chi connectivity index (χ3v) is 6.52. The third-order valence-electron chi connectivity index (χ3n) is 5.34. The molecule has 0 spiro atoms. The summed E-state index contributed by atoms with van der Waals surface area (Å²) >= 11 is 0. The van der Waals surface area contributed by atoms with E-state index in [0.717, 1.165) is 33.6 Å². The van der Waals surface area contributed by atoms with Gasteiger partial charge in [-0.05, 0) is 61.8 Å². The van der Waals surface area contributed by atoms with Crippen LogP contribution in [0.5, 0.6) is 0 Å². The summed E-state index contributed by atoms with van der Waals surface area (Å²) in [4.78, 5) is 14.6. The van der Waals surface area contributed by atoms with E-state index in [4.69, 9.17) is 4.74 Å². The second-order valence-electron chi connectivity index (χ2n) is 8.38. The summed E-state index contributed by atoms with van der Waals surface area (Å²) in [5.74, 6) is -0.331. The molecule has 1 aromatic heterocycles. The van der Waals surface area contributed by atoms with E-state index in [1.807, 2.05) is 75.3 Å². The number of nitrogens with zero attached hydrogens (tertiary/aromatic N) is 3. The summed E-state index contributed by atoms with van der Waals surface area (Å²) in [6, 6.07) is 15.3. The number of aromatic nitrogens is 2. The van der Waals surface area contributed by atoms with Gasteiger partial charge in [0.25, 0.3) is 0 Å². The number of carbonyl (C=O) groups is 1. The average molecular weight is 470 g/mol. The molecule has 0 bridgehead atoms. The highest BCUT2D eigenvalue weighted by molar-refractivity contribution is 7.90. The van der Waals surface area contributed by atoms with Crippen LogP contribution in [0.3, 0.4) is 0 Å². The third kappa shape index (κ3) is 6.30. The lowest BCUT2D eigenvalue weighted by atomic mass is 10.0. The van der Waals surface area contributed by atoms with Crippen molar-refractivity contribution in [3.63, 3.8) is 0 Å². The molecule has 2 aromatic carbocycles. The highest BCUT2D eigenvalue weighted by Gasteiger charge is 2.15. The first-order valence-electron chi connectivity index (χ1n) is 10.9. The number of esters is 1. The van der Waals surface area contributed by atoms with Gasteiger partial charge in [-0.15, -0.1) is 0 Å². The van der Waals surface area contributed by atoms with Gasteiger partial charge in [0.2, 0.25) is 0 Å². The summed E-state index contributed by atoms with van der Waals surface area (Å²) in [6.45, 7) is 4.87. The zero-order valence-electron chi connectivity index (χ0n) is 19.8. The molecule has 0 saturated heterocycles. The number of carbonyl (C=O) groups excluding carboxylic acids is 1. The van der Waals surface area contributed by atoms with Gasteiger partial charge in [0.1, 0.15) is 13.2 Å². The highest BCUT2D eigenvalue weighted by Crippen LogP contribution is 2.28. The second-order valence-corrected chi connectivity index (χ2v) is 10.4. The van der Waals surface area contributed by atoms with Gasteiger partial charge in [-0.1, -0.05) is 43.3 Å². The van der Waals surface area contributed by atoms with E-state index in [1.165, 1.54) is 6.26 Å². The van der Waals surface area contributed by atoms with E-state index in [1.54, 1.807) is 10.7 Å². The van der Waals surface area contributed by atoms with Crippen molar-refractivity contribution >= 4 is 15.8 Å². The summed E-state index contributed by atoms with van der Waals surface area (Å²) < 4.78 is 31.4. The number of likely N-dealkylation sites (N-methyl/N-ethyl adjacent to an activating group) is 1. The Hall–Kier alpha value is -2.97. The van der Waals surface area contributed by atoms with Crippen molar-refractivity contribution in [2.45, 2.75) is 31.7 Å². The SMILES string of the molecule is CCc1ccc(-c2ccc(-c3cc(C)nn3CC(=O)OCCN(C)C)cc2)cc1S(C)(=O)=O. The number of ether oxygens (including phenoxy) is 1. The molecule has 3 rings (SSSR count). The predicted molar refractivity (Wildman–Crippen MR) is 130 cm³/mol. The molecule has 176 valence electrons. The molecule has 0 amide bonds. The zero-order chi connectivity index (χ0) is 24.2. The minimum Gasteiger partial charge on any atom is -0.463 e. The Morgan fingerprint density at radius 3 is 2.27 bits per heavy atom. The summed E-state index contributed by atoms with van der Waals surface area (Å²) in [5, 5.41) is 4.45. The van der Waals surface area contributed by atoms with E-state index in [0.29, 0.717) is 24.5 Å². The summed E-state index contributed by atoms with van der Waals surface area (Å²) in [6.07, 6.45) is 1.89. The molecule has 0 saturated carbocycles. The van der Waals surface area contributed by atoms with Gasteiger partial charge >= 0.3 is 5.97 Å². The van der Waals surface area contributed by atoms with Crippen molar-refractivity contribution in [2.24, 2.45) is 0 Å². The van der Waals surface area contributed by atoms with E-state index < -0.39 is 9.84 Å². The average Bonchev–Trinajstić information content (AvgIpc) is 3.12. The Morgan fingerprint density at radius 2 is 1.67 bits per heavy atom. The first-order valence-corrected chi connectivity index (χ1v) is 12.8. The van der Waals surface area contributed by atoms with Crippen LogP contribution < -0.4 is 0 Å². The maximum atomic E-state index is 12.2. The van der Waals surface area contributed by atoms with E-state index in [2.05, 4.69) is 5.10 Å². The molecule has 0 radical (unpaired) electrons. The monoisotopic (exact) mass is 469 g/mol. The minimum absolute atomic E-state index is 0.0363. The molecule has 0 aliphatic heterocycles. The standard InChI is InChI=1S/C25H31N3O4S/c1-6-19-7-12-22(16-24(19)33(5,30)31)20-8-10-21(11-9-20)23-15-18(2)26-28(23)17-25(29)32-14-13-27(3)4/h7-12,15-16H,6,13-14,17H2,1-5H3. The maximum Gasteiger partial charge on any atom is 0.327 e. The first-order chi connectivity index (χ1) is 15.6. The Balaban J connectivity index is 1.83. The fraction of sp³-hybridized carbons (Fsp3) is 0.360. The van der Waals surface area contributed by atoms with Gasteiger partial charge in [0.05, 0.1) is 16.3 Å². The fourth-order valence-corrected chi connectivity index (χ4v) is 4.64. The van der Waals surface area contributed by atoms with Crippen molar-refractivity contribution in [3.05, 3.63) is 59.8 Å². The van der Waals surface area contributed by atoms with Gasteiger partial charge in [-0.25, -0.2) is 8.42 Å². The molecule has 0 aliphatic carbocycles. The predicted octanol–water partition coefficient (Wildman–Crippen LogP) is 3.60. The zero-order valence-corrected chi connectivity index (χ0v) is 20.6. The summed E-state index contributed by atoms with van der Waals surface area (Å²) in [5.41, 5.74) is 5.11. The molecule has 0 unspecified atom stereocenters. The lowest BCUT2D eigenvalue weighted by Gasteiger charge is -2.12.